The van der Waals surface area contributed by atoms with Crippen LogP contribution in [0.3, 0.4) is 0 Å². The van der Waals surface area contributed by atoms with Gasteiger partial charge in [0.2, 0.25) is 5.91 Å². The summed E-state index contributed by atoms with van der Waals surface area (Å²) in [5.41, 5.74) is 0.439. The Hall–Kier alpha value is -2.21. The minimum absolute atomic E-state index is 0.206. The fraction of sp³-hybridized carbons (Fsp3) is 0.375. The summed E-state index contributed by atoms with van der Waals surface area (Å²) in [6.07, 6.45) is 0. The molecule has 0 spiro atoms. The number of amides is 1. The number of ether oxygens (including phenoxy) is 1. The van der Waals surface area contributed by atoms with E-state index in [0.29, 0.717) is 33.1 Å². The molecule has 2 heterocycles. The van der Waals surface area contributed by atoms with Gasteiger partial charge in [-0.05, 0) is 32.9 Å². The molecule has 1 amide bonds. The van der Waals surface area contributed by atoms with Crippen LogP contribution in [0.2, 0.25) is 5.15 Å². The molecule has 0 N–H and O–H groups in total. The number of nitrogens with zero attached hydrogens (tertiary/aromatic N) is 3. The number of carbonyl (C=O) groups excluding carboxylic acids is 2. The van der Waals surface area contributed by atoms with Crippen molar-refractivity contribution in [1.29, 1.82) is 0 Å². The highest BCUT2D eigenvalue weighted by Gasteiger charge is 2.53. The molecule has 120 valence electrons. The Kier molecular flexibility index (Phi) is 3.52. The summed E-state index contributed by atoms with van der Waals surface area (Å²) in [5, 5.41) is 0.901. The number of benzene rings is 1. The van der Waals surface area contributed by atoms with Crippen molar-refractivity contribution in [1.82, 2.24) is 9.97 Å². The number of halogens is 1. The zero-order valence-electron chi connectivity index (χ0n) is 13.3. The molecule has 1 aromatic heterocycles. The Morgan fingerprint density at radius 2 is 2.09 bits per heavy atom. The molecule has 1 aromatic carbocycles. The lowest BCUT2D eigenvalue weighted by Crippen LogP contribution is -2.43. The van der Waals surface area contributed by atoms with Crippen molar-refractivity contribution in [3.63, 3.8) is 0 Å². The Morgan fingerprint density at radius 3 is 2.74 bits per heavy atom. The zero-order chi connectivity index (χ0) is 16.9. The lowest BCUT2D eigenvalue weighted by Gasteiger charge is -2.20. The summed E-state index contributed by atoms with van der Waals surface area (Å²) >= 11 is 6.20. The predicted molar refractivity (Wildman–Crippen MR) is 86.7 cm³/mol. The highest BCUT2D eigenvalue weighted by Crippen LogP contribution is 2.44. The number of anilines is 1. The van der Waals surface area contributed by atoms with E-state index in [4.69, 9.17) is 16.3 Å². The highest BCUT2D eigenvalue weighted by atomic mass is 35.5. The third kappa shape index (κ3) is 2.09. The molecule has 0 radical (unpaired) electrons. The molecule has 6 nitrogen and oxygen atoms in total. The van der Waals surface area contributed by atoms with Crippen molar-refractivity contribution >= 4 is 40.1 Å². The third-order valence-electron chi connectivity index (χ3n) is 4.19. The van der Waals surface area contributed by atoms with Gasteiger partial charge in [0, 0.05) is 18.0 Å². The highest BCUT2D eigenvalue weighted by molar-refractivity contribution is 6.34. The van der Waals surface area contributed by atoms with E-state index >= 15 is 0 Å². The van der Waals surface area contributed by atoms with Gasteiger partial charge in [-0.1, -0.05) is 11.6 Å². The van der Waals surface area contributed by atoms with Gasteiger partial charge < -0.3 is 9.64 Å². The molecule has 23 heavy (non-hydrogen) atoms. The van der Waals surface area contributed by atoms with Gasteiger partial charge in [0.05, 0.1) is 17.8 Å². The quantitative estimate of drug-likeness (QED) is 0.479. The van der Waals surface area contributed by atoms with E-state index in [0.717, 1.165) is 0 Å². The standard InChI is InChI=1S/C16H16ClN3O3/c1-5-23-15(22)16(3)10-6-9-11(18-8(2)19-13(9)17)7-12(10)20(4)14(16)21/h6-7H,5H2,1-4H3. The first-order valence-electron chi connectivity index (χ1n) is 7.24. The monoisotopic (exact) mass is 333 g/mol. The Labute approximate surface area is 138 Å². The zero-order valence-corrected chi connectivity index (χ0v) is 14.1. The fourth-order valence-electron chi connectivity index (χ4n) is 2.95. The lowest BCUT2D eigenvalue weighted by molar-refractivity contribution is -0.152. The van der Waals surface area contributed by atoms with Crippen molar-refractivity contribution in [2.75, 3.05) is 18.6 Å². The van der Waals surface area contributed by atoms with Gasteiger partial charge in [-0.15, -0.1) is 0 Å². The van der Waals surface area contributed by atoms with Crippen LogP contribution in [0.1, 0.15) is 25.2 Å². The first-order valence-corrected chi connectivity index (χ1v) is 7.62. The number of hydrogen-bond acceptors (Lipinski definition) is 5. The van der Waals surface area contributed by atoms with Gasteiger partial charge >= 0.3 is 5.97 Å². The van der Waals surface area contributed by atoms with E-state index in [1.54, 1.807) is 40.0 Å². The summed E-state index contributed by atoms with van der Waals surface area (Å²) in [6.45, 7) is 5.23. The molecule has 1 aliphatic heterocycles. The summed E-state index contributed by atoms with van der Waals surface area (Å²) in [7, 11) is 1.63. The second-order valence-electron chi connectivity index (χ2n) is 5.66. The van der Waals surface area contributed by atoms with E-state index in [1.807, 2.05) is 0 Å². The Morgan fingerprint density at radius 1 is 1.39 bits per heavy atom. The minimum Gasteiger partial charge on any atom is -0.465 e. The molecular formula is C16H16ClN3O3. The normalized spacial score (nSPS) is 20.0. The fourth-order valence-corrected chi connectivity index (χ4v) is 3.22. The Balaban J connectivity index is 2.31. The molecule has 0 bridgehead atoms. The van der Waals surface area contributed by atoms with Crippen LogP contribution >= 0.6 is 11.6 Å². The van der Waals surface area contributed by atoms with Crippen molar-refractivity contribution in [3.8, 4) is 0 Å². The molecule has 1 atom stereocenters. The third-order valence-corrected chi connectivity index (χ3v) is 4.48. The number of hydrogen-bond donors (Lipinski definition) is 0. The number of rotatable bonds is 2. The summed E-state index contributed by atoms with van der Waals surface area (Å²) in [5.74, 6) is -0.358. The maximum Gasteiger partial charge on any atom is 0.326 e. The van der Waals surface area contributed by atoms with Crippen LogP contribution in [-0.2, 0) is 19.7 Å². The number of carbonyl (C=O) groups is 2. The van der Waals surface area contributed by atoms with E-state index in [2.05, 4.69) is 9.97 Å². The molecule has 0 aliphatic carbocycles. The molecule has 2 aromatic rings. The van der Waals surface area contributed by atoms with Crippen molar-refractivity contribution in [2.45, 2.75) is 26.2 Å². The first kappa shape index (κ1) is 15.7. The average molecular weight is 334 g/mol. The van der Waals surface area contributed by atoms with Crippen LogP contribution in [-0.4, -0.2) is 35.5 Å². The lowest BCUT2D eigenvalue weighted by atomic mass is 9.83. The van der Waals surface area contributed by atoms with Gasteiger partial charge in [0.1, 0.15) is 11.0 Å². The minimum atomic E-state index is -1.39. The average Bonchev–Trinajstić information content (AvgIpc) is 2.68. The Bertz CT molecular complexity index is 852. The second-order valence-corrected chi connectivity index (χ2v) is 6.02. The number of fused-ring (bicyclic) bond motifs is 2. The van der Waals surface area contributed by atoms with Gasteiger partial charge in [-0.25, -0.2) is 9.97 Å². The molecule has 0 saturated heterocycles. The summed E-state index contributed by atoms with van der Waals surface area (Å²) in [6, 6.07) is 3.47. The topological polar surface area (TPSA) is 72.4 Å². The van der Waals surface area contributed by atoms with E-state index in [9.17, 15) is 9.59 Å². The number of likely N-dealkylation sites (N-methyl/N-ethyl adjacent to an activating group) is 1. The molecule has 0 saturated carbocycles. The molecule has 3 rings (SSSR count). The van der Waals surface area contributed by atoms with Crippen LogP contribution in [0, 0.1) is 6.92 Å². The largest absolute Gasteiger partial charge is 0.465 e. The predicted octanol–water partition coefficient (Wildman–Crippen LogP) is 2.39. The maximum atomic E-state index is 12.7. The van der Waals surface area contributed by atoms with Crippen molar-refractivity contribution in [3.05, 3.63) is 28.7 Å². The second kappa shape index (κ2) is 5.16. The molecule has 0 fully saturated rings. The van der Waals surface area contributed by atoms with E-state index < -0.39 is 11.4 Å². The molecule has 1 aliphatic rings. The summed E-state index contributed by atoms with van der Waals surface area (Å²) < 4.78 is 5.12. The first-order chi connectivity index (χ1) is 10.8. The number of aryl methyl sites for hydroxylation is 1. The van der Waals surface area contributed by atoms with E-state index in [-0.39, 0.29) is 12.5 Å². The van der Waals surface area contributed by atoms with Crippen LogP contribution in [0.4, 0.5) is 5.69 Å². The van der Waals surface area contributed by atoms with Gasteiger partial charge in [0.15, 0.2) is 5.41 Å². The van der Waals surface area contributed by atoms with Crippen LogP contribution in [0.5, 0.6) is 0 Å². The molecule has 1 unspecified atom stereocenters. The van der Waals surface area contributed by atoms with E-state index in [1.165, 1.54) is 4.90 Å². The van der Waals surface area contributed by atoms with Gasteiger partial charge in [-0.2, -0.15) is 0 Å². The van der Waals surface area contributed by atoms with Crippen LogP contribution in [0.25, 0.3) is 10.9 Å². The van der Waals surface area contributed by atoms with Crippen LogP contribution < -0.4 is 4.90 Å². The smallest absolute Gasteiger partial charge is 0.326 e. The number of esters is 1. The van der Waals surface area contributed by atoms with Gasteiger partial charge in [0.25, 0.3) is 0 Å². The SMILES string of the molecule is CCOC(=O)C1(C)C(=O)N(C)c2cc3nc(C)nc(Cl)c3cc21. The number of aromatic nitrogens is 2. The molecular weight excluding hydrogens is 318 g/mol. The maximum absolute atomic E-state index is 12.7. The van der Waals surface area contributed by atoms with Crippen molar-refractivity contribution < 1.29 is 14.3 Å². The van der Waals surface area contributed by atoms with Crippen molar-refractivity contribution in [2.24, 2.45) is 0 Å². The molecule has 7 heteroatoms. The van der Waals surface area contributed by atoms with Gasteiger partial charge in [-0.3, -0.25) is 9.59 Å². The van der Waals surface area contributed by atoms with Crippen LogP contribution in [0.15, 0.2) is 12.1 Å². The summed E-state index contributed by atoms with van der Waals surface area (Å²) in [4.78, 5) is 35.1.